The SMILES string of the molecule is [CH2]CC1CCN(c2ncnc3[nH]c(=O)ccc23)CC1. The van der Waals surface area contributed by atoms with Gasteiger partial charge in [0.2, 0.25) is 5.56 Å². The molecule has 2 aromatic rings. The lowest BCUT2D eigenvalue weighted by Crippen LogP contribution is -2.34. The van der Waals surface area contributed by atoms with Crippen molar-refractivity contribution < 1.29 is 0 Å². The number of nitrogens with zero attached hydrogens (tertiary/aromatic N) is 3. The highest BCUT2D eigenvalue weighted by Crippen LogP contribution is 2.27. The molecule has 19 heavy (non-hydrogen) atoms. The number of aromatic amines is 1. The molecule has 3 heterocycles. The maximum absolute atomic E-state index is 11.3. The van der Waals surface area contributed by atoms with Gasteiger partial charge in [-0.3, -0.25) is 4.79 Å². The molecule has 0 atom stereocenters. The van der Waals surface area contributed by atoms with Gasteiger partial charge in [0.25, 0.3) is 0 Å². The van der Waals surface area contributed by atoms with Crippen molar-refractivity contribution in [2.75, 3.05) is 18.0 Å². The lowest BCUT2D eigenvalue weighted by molar-refractivity contribution is 0.407. The van der Waals surface area contributed by atoms with Crippen molar-refractivity contribution in [3.05, 3.63) is 35.7 Å². The van der Waals surface area contributed by atoms with Gasteiger partial charge in [-0.1, -0.05) is 13.3 Å². The average Bonchev–Trinajstić information content (AvgIpc) is 2.46. The van der Waals surface area contributed by atoms with E-state index in [0.717, 1.165) is 49.5 Å². The predicted molar refractivity (Wildman–Crippen MR) is 75.1 cm³/mol. The zero-order valence-electron chi connectivity index (χ0n) is 10.8. The van der Waals surface area contributed by atoms with Crippen molar-refractivity contribution in [2.45, 2.75) is 19.3 Å². The van der Waals surface area contributed by atoms with Gasteiger partial charge in [-0.2, -0.15) is 0 Å². The summed E-state index contributed by atoms with van der Waals surface area (Å²) in [5, 5.41) is 0.912. The molecule has 1 aliphatic heterocycles. The van der Waals surface area contributed by atoms with E-state index >= 15 is 0 Å². The van der Waals surface area contributed by atoms with Crippen molar-refractivity contribution >= 4 is 16.9 Å². The maximum atomic E-state index is 11.3. The Bertz CT molecular complexity index is 629. The van der Waals surface area contributed by atoms with E-state index in [1.165, 1.54) is 12.4 Å². The van der Waals surface area contributed by atoms with Crippen LogP contribution in [0.1, 0.15) is 19.3 Å². The first kappa shape index (κ1) is 12.1. The highest BCUT2D eigenvalue weighted by molar-refractivity contribution is 5.86. The Labute approximate surface area is 111 Å². The Morgan fingerprint density at radius 2 is 2.11 bits per heavy atom. The lowest BCUT2D eigenvalue weighted by atomic mass is 9.94. The topological polar surface area (TPSA) is 61.9 Å². The number of rotatable bonds is 2. The number of piperidine rings is 1. The Kier molecular flexibility index (Phi) is 3.19. The van der Waals surface area contributed by atoms with E-state index in [1.807, 2.05) is 0 Å². The Morgan fingerprint density at radius 1 is 1.32 bits per heavy atom. The fraction of sp³-hybridized carbons (Fsp3) is 0.429. The van der Waals surface area contributed by atoms with Crippen LogP contribution < -0.4 is 10.5 Å². The molecule has 5 nitrogen and oxygen atoms in total. The minimum absolute atomic E-state index is 0.132. The molecule has 3 rings (SSSR count). The molecule has 2 aromatic heterocycles. The van der Waals surface area contributed by atoms with Crippen molar-refractivity contribution in [1.29, 1.82) is 0 Å². The Balaban J connectivity index is 1.95. The molecule has 1 radical (unpaired) electrons. The third-order valence-electron chi connectivity index (χ3n) is 3.83. The molecule has 0 aliphatic carbocycles. The van der Waals surface area contributed by atoms with Crippen molar-refractivity contribution in [2.24, 2.45) is 5.92 Å². The third-order valence-corrected chi connectivity index (χ3v) is 3.83. The molecule has 0 spiro atoms. The standard InChI is InChI=1S/C14H17N4O/c1-2-10-5-7-18(8-6-10)14-11-3-4-12(19)17-13(11)15-9-16-14/h3-4,9-10H,1-2,5-8H2,(H,15,16,17,19). The second-order valence-corrected chi connectivity index (χ2v) is 5.00. The highest BCUT2D eigenvalue weighted by Gasteiger charge is 2.20. The monoisotopic (exact) mass is 257 g/mol. The lowest BCUT2D eigenvalue weighted by Gasteiger charge is -2.32. The summed E-state index contributed by atoms with van der Waals surface area (Å²) < 4.78 is 0. The predicted octanol–water partition coefficient (Wildman–Crippen LogP) is 1.76. The second-order valence-electron chi connectivity index (χ2n) is 5.00. The first-order valence-corrected chi connectivity index (χ1v) is 6.66. The largest absolute Gasteiger partial charge is 0.356 e. The van der Waals surface area contributed by atoms with Crippen LogP contribution in [0.5, 0.6) is 0 Å². The summed E-state index contributed by atoms with van der Waals surface area (Å²) in [5.74, 6) is 1.65. The van der Waals surface area contributed by atoms with Gasteiger partial charge in [0.15, 0.2) is 0 Å². The molecule has 5 heteroatoms. The summed E-state index contributed by atoms with van der Waals surface area (Å²) in [4.78, 5) is 24.8. The average molecular weight is 257 g/mol. The van der Waals surface area contributed by atoms with Crippen LogP contribution in [-0.2, 0) is 0 Å². The summed E-state index contributed by atoms with van der Waals surface area (Å²) in [6.45, 7) is 5.97. The molecule has 1 fully saturated rings. The molecule has 1 N–H and O–H groups in total. The van der Waals surface area contributed by atoms with Crippen LogP contribution in [0.25, 0.3) is 11.0 Å². The molecule has 1 aliphatic rings. The number of nitrogens with one attached hydrogen (secondary N) is 1. The van der Waals surface area contributed by atoms with E-state index in [-0.39, 0.29) is 5.56 Å². The van der Waals surface area contributed by atoms with Gasteiger partial charge >= 0.3 is 0 Å². The van der Waals surface area contributed by atoms with E-state index < -0.39 is 0 Å². The van der Waals surface area contributed by atoms with Crippen LogP contribution >= 0.6 is 0 Å². The zero-order valence-corrected chi connectivity index (χ0v) is 10.8. The highest BCUT2D eigenvalue weighted by atomic mass is 16.1. The first-order chi connectivity index (χ1) is 9.28. The van der Waals surface area contributed by atoms with Crippen molar-refractivity contribution in [3.8, 4) is 0 Å². The van der Waals surface area contributed by atoms with Gasteiger partial charge in [0, 0.05) is 19.2 Å². The zero-order chi connectivity index (χ0) is 13.2. The van der Waals surface area contributed by atoms with Crippen molar-refractivity contribution in [1.82, 2.24) is 15.0 Å². The minimum atomic E-state index is -0.132. The van der Waals surface area contributed by atoms with Gasteiger partial charge < -0.3 is 9.88 Å². The molecule has 0 aromatic carbocycles. The molecular formula is C14H17N4O. The molecule has 0 bridgehead atoms. The summed E-state index contributed by atoms with van der Waals surface area (Å²) in [6.07, 6.45) is 4.82. The van der Waals surface area contributed by atoms with Crippen LogP contribution in [0.4, 0.5) is 5.82 Å². The van der Waals surface area contributed by atoms with Gasteiger partial charge in [-0.25, -0.2) is 9.97 Å². The number of hydrogen-bond donors (Lipinski definition) is 1. The molecule has 0 saturated carbocycles. The number of pyridine rings is 1. The van der Waals surface area contributed by atoms with Crippen molar-refractivity contribution in [3.63, 3.8) is 0 Å². The molecule has 0 unspecified atom stereocenters. The minimum Gasteiger partial charge on any atom is -0.356 e. The maximum Gasteiger partial charge on any atom is 0.249 e. The van der Waals surface area contributed by atoms with Gasteiger partial charge in [0.05, 0.1) is 5.39 Å². The van der Waals surface area contributed by atoms with Crippen LogP contribution in [0.2, 0.25) is 0 Å². The first-order valence-electron chi connectivity index (χ1n) is 6.66. The van der Waals surface area contributed by atoms with Gasteiger partial charge in [-0.15, -0.1) is 0 Å². The quantitative estimate of drug-likeness (QED) is 0.890. The number of anilines is 1. The number of aromatic nitrogens is 3. The van der Waals surface area contributed by atoms with Crippen LogP contribution in [0.15, 0.2) is 23.3 Å². The fourth-order valence-electron chi connectivity index (χ4n) is 2.64. The van der Waals surface area contributed by atoms with E-state index in [2.05, 4.69) is 26.8 Å². The van der Waals surface area contributed by atoms with Gasteiger partial charge in [0.1, 0.15) is 17.8 Å². The second kappa shape index (κ2) is 4.99. The Hall–Kier alpha value is -1.91. The van der Waals surface area contributed by atoms with Crippen LogP contribution in [0.3, 0.4) is 0 Å². The number of fused-ring (bicyclic) bond motifs is 1. The smallest absolute Gasteiger partial charge is 0.249 e. The van der Waals surface area contributed by atoms with Crippen LogP contribution in [0, 0.1) is 12.8 Å². The summed E-state index contributed by atoms with van der Waals surface area (Å²) in [6, 6.07) is 3.33. The molecule has 0 amide bonds. The number of H-pyrrole nitrogens is 1. The summed E-state index contributed by atoms with van der Waals surface area (Å²) >= 11 is 0. The van der Waals surface area contributed by atoms with E-state index in [4.69, 9.17) is 0 Å². The third kappa shape index (κ3) is 2.32. The molecular weight excluding hydrogens is 240 g/mol. The van der Waals surface area contributed by atoms with Gasteiger partial charge in [-0.05, 0) is 24.8 Å². The van der Waals surface area contributed by atoms with E-state index in [9.17, 15) is 4.79 Å². The van der Waals surface area contributed by atoms with E-state index in [1.54, 1.807) is 6.07 Å². The summed E-state index contributed by atoms with van der Waals surface area (Å²) in [5.41, 5.74) is 0.477. The summed E-state index contributed by atoms with van der Waals surface area (Å²) in [7, 11) is 0. The Morgan fingerprint density at radius 3 is 2.84 bits per heavy atom. The molecule has 99 valence electrons. The normalized spacial score (nSPS) is 17.0. The van der Waals surface area contributed by atoms with E-state index in [0.29, 0.717) is 5.65 Å². The molecule has 1 saturated heterocycles. The van der Waals surface area contributed by atoms with Crippen LogP contribution in [-0.4, -0.2) is 28.0 Å². The fourth-order valence-corrected chi connectivity index (χ4v) is 2.64. The number of hydrogen-bond acceptors (Lipinski definition) is 4.